The lowest BCUT2D eigenvalue weighted by atomic mass is 9.99. The molecule has 1 aliphatic heterocycles. The molecule has 0 bridgehead atoms. The highest BCUT2D eigenvalue weighted by molar-refractivity contribution is 7.89. The molecule has 1 saturated heterocycles. The number of nitrogens with one attached hydrogen (secondary N) is 1. The zero-order valence-electron chi connectivity index (χ0n) is 16.1. The van der Waals surface area contributed by atoms with E-state index in [9.17, 15) is 17.6 Å². The van der Waals surface area contributed by atoms with Crippen molar-refractivity contribution in [1.82, 2.24) is 19.4 Å². The van der Waals surface area contributed by atoms with Crippen molar-refractivity contribution in [2.45, 2.75) is 44.0 Å². The lowest BCUT2D eigenvalue weighted by molar-refractivity contribution is 0.0769. The van der Waals surface area contributed by atoms with Crippen LogP contribution in [0.3, 0.4) is 0 Å². The van der Waals surface area contributed by atoms with Crippen molar-refractivity contribution < 1.29 is 17.6 Å². The molecule has 1 aromatic heterocycles. The number of benzene rings is 1. The van der Waals surface area contributed by atoms with Crippen molar-refractivity contribution >= 4 is 15.9 Å². The third-order valence-electron chi connectivity index (χ3n) is 5.16. The Labute approximate surface area is 164 Å². The molecule has 1 N–H and O–H groups in total. The Morgan fingerprint density at radius 2 is 1.93 bits per heavy atom. The fraction of sp³-hybridized carbons (Fsp3) is 0.474. The van der Waals surface area contributed by atoms with Crippen LogP contribution < -0.4 is 0 Å². The first-order valence-electron chi connectivity index (χ1n) is 9.50. The second-order valence-electron chi connectivity index (χ2n) is 6.76. The van der Waals surface area contributed by atoms with Crippen LogP contribution in [0.1, 0.15) is 55.2 Å². The van der Waals surface area contributed by atoms with Crippen LogP contribution >= 0.6 is 0 Å². The first kappa shape index (κ1) is 20.5. The smallest absolute Gasteiger partial charge is 0.257 e. The summed E-state index contributed by atoms with van der Waals surface area (Å²) in [4.78, 5) is 14.6. The van der Waals surface area contributed by atoms with Crippen LogP contribution in [0.2, 0.25) is 0 Å². The molecule has 1 unspecified atom stereocenters. The summed E-state index contributed by atoms with van der Waals surface area (Å²) < 4.78 is 41.0. The van der Waals surface area contributed by atoms with Crippen LogP contribution in [0.5, 0.6) is 0 Å². The van der Waals surface area contributed by atoms with Gasteiger partial charge in [0.1, 0.15) is 5.82 Å². The van der Waals surface area contributed by atoms with E-state index in [1.54, 1.807) is 4.90 Å². The van der Waals surface area contributed by atoms with Gasteiger partial charge in [0, 0.05) is 19.6 Å². The normalized spacial score (nSPS) is 18.2. The van der Waals surface area contributed by atoms with Crippen LogP contribution in [-0.2, 0) is 10.0 Å². The van der Waals surface area contributed by atoms with Crippen molar-refractivity contribution in [3.8, 4) is 0 Å². The molecule has 28 heavy (non-hydrogen) atoms. The molecule has 0 aliphatic carbocycles. The number of hydrogen-bond donors (Lipinski definition) is 1. The van der Waals surface area contributed by atoms with Gasteiger partial charge in [-0.05, 0) is 51.0 Å². The molecule has 152 valence electrons. The third kappa shape index (κ3) is 3.81. The summed E-state index contributed by atoms with van der Waals surface area (Å²) in [6.07, 6.45) is 3.62. The first-order valence-corrected chi connectivity index (χ1v) is 10.9. The quantitative estimate of drug-likeness (QED) is 0.796. The number of sulfonamides is 1. The number of piperidine rings is 1. The van der Waals surface area contributed by atoms with Gasteiger partial charge in [0.15, 0.2) is 0 Å². The van der Waals surface area contributed by atoms with Crippen LogP contribution in [0, 0.1) is 5.82 Å². The van der Waals surface area contributed by atoms with Gasteiger partial charge in [-0.15, -0.1) is 0 Å². The fourth-order valence-corrected chi connectivity index (χ4v) is 5.29. The van der Waals surface area contributed by atoms with Crippen LogP contribution in [0.4, 0.5) is 4.39 Å². The second kappa shape index (κ2) is 8.40. The summed E-state index contributed by atoms with van der Waals surface area (Å²) >= 11 is 0. The van der Waals surface area contributed by atoms with E-state index in [1.165, 1.54) is 22.6 Å². The zero-order chi connectivity index (χ0) is 20.3. The van der Waals surface area contributed by atoms with Crippen molar-refractivity contribution in [2.24, 2.45) is 0 Å². The van der Waals surface area contributed by atoms with E-state index in [4.69, 9.17) is 0 Å². The van der Waals surface area contributed by atoms with Crippen LogP contribution in [0.25, 0.3) is 0 Å². The molecule has 1 aromatic carbocycles. The number of carbonyl (C=O) groups excluding carboxylic acids is 1. The summed E-state index contributed by atoms with van der Waals surface area (Å²) in [5.74, 6) is -0.659. The molecule has 9 heteroatoms. The van der Waals surface area contributed by atoms with E-state index < -0.39 is 21.9 Å². The number of carbonyl (C=O) groups is 1. The Balaban J connectivity index is 1.98. The number of aromatic nitrogens is 2. The molecular formula is C19H25FN4O3S. The van der Waals surface area contributed by atoms with Gasteiger partial charge in [0.05, 0.1) is 28.4 Å². The van der Waals surface area contributed by atoms with Gasteiger partial charge in [-0.2, -0.15) is 9.40 Å². The lowest BCUT2D eigenvalue weighted by Crippen LogP contribution is -2.40. The van der Waals surface area contributed by atoms with E-state index >= 15 is 0 Å². The number of rotatable bonds is 6. The van der Waals surface area contributed by atoms with E-state index in [1.807, 2.05) is 13.8 Å². The highest BCUT2D eigenvalue weighted by atomic mass is 32.2. The minimum absolute atomic E-state index is 0.0388. The summed E-state index contributed by atoms with van der Waals surface area (Å²) in [5, 5.41) is 6.89. The largest absolute Gasteiger partial charge is 0.339 e. The highest BCUT2D eigenvalue weighted by Crippen LogP contribution is 2.36. The summed E-state index contributed by atoms with van der Waals surface area (Å²) in [6, 6.07) is 4.30. The predicted molar refractivity (Wildman–Crippen MR) is 103 cm³/mol. The van der Waals surface area contributed by atoms with Gasteiger partial charge in [0.25, 0.3) is 5.91 Å². The lowest BCUT2D eigenvalue weighted by Gasteiger charge is -2.34. The van der Waals surface area contributed by atoms with Gasteiger partial charge in [-0.25, -0.2) is 12.8 Å². The Hall–Kier alpha value is -2.26. The topological polar surface area (TPSA) is 86.4 Å². The van der Waals surface area contributed by atoms with Crippen molar-refractivity contribution in [1.29, 1.82) is 0 Å². The van der Waals surface area contributed by atoms with E-state index in [0.29, 0.717) is 37.3 Å². The average molecular weight is 408 g/mol. The maximum Gasteiger partial charge on any atom is 0.257 e. The molecule has 1 aliphatic rings. The van der Waals surface area contributed by atoms with Crippen LogP contribution in [0.15, 0.2) is 35.4 Å². The number of H-pyrrole nitrogens is 1. The SMILES string of the molecule is CCN(CC)C(=O)c1cn[nH]c1C1CCCCN1S(=O)(=O)c1ccc(F)cc1. The highest BCUT2D eigenvalue weighted by Gasteiger charge is 2.37. The van der Waals surface area contributed by atoms with Crippen molar-refractivity contribution in [3.05, 3.63) is 47.5 Å². The molecule has 3 rings (SSSR count). The first-order chi connectivity index (χ1) is 13.4. The Morgan fingerprint density at radius 3 is 2.57 bits per heavy atom. The number of amides is 1. The number of nitrogens with zero attached hydrogens (tertiary/aromatic N) is 3. The molecule has 0 spiro atoms. The second-order valence-corrected chi connectivity index (χ2v) is 8.65. The molecule has 0 saturated carbocycles. The van der Waals surface area contributed by atoms with Gasteiger partial charge in [-0.3, -0.25) is 9.89 Å². The number of aromatic amines is 1. The Bertz CT molecular complexity index is 923. The number of halogens is 1. The fourth-order valence-electron chi connectivity index (χ4n) is 3.62. The predicted octanol–water partition coefficient (Wildman–Crippen LogP) is 2.95. The van der Waals surface area contributed by atoms with Gasteiger partial charge >= 0.3 is 0 Å². The van der Waals surface area contributed by atoms with Gasteiger partial charge in [0.2, 0.25) is 10.0 Å². The molecule has 1 fully saturated rings. The molecule has 1 atom stereocenters. The minimum atomic E-state index is -3.83. The molecule has 7 nitrogen and oxygen atoms in total. The van der Waals surface area contributed by atoms with Gasteiger partial charge < -0.3 is 4.90 Å². The Morgan fingerprint density at radius 1 is 1.25 bits per heavy atom. The molecule has 1 amide bonds. The van der Waals surface area contributed by atoms with Crippen LogP contribution in [-0.4, -0.2) is 53.4 Å². The summed E-state index contributed by atoms with van der Waals surface area (Å²) in [6.45, 7) is 5.24. The molecule has 0 radical (unpaired) electrons. The average Bonchev–Trinajstić information content (AvgIpc) is 3.19. The van der Waals surface area contributed by atoms with Crippen molar-refractivity contribution in [3.63, 3.8) is 0 Å². The Kier molecular flexibility index (Phi) is 6.14. The third-order valence-corrected chi connectivity index (χ3v) is 7.08. The molecule has 2 aromatic rings. The standard InChI is InChI=1S/C19H25FN4O3S/c1-3-23(4-2)19(25)16-13-21-22-18(16)17-7-5-6-12-24(17)28(26,27)15-10-8-14(20)9-11-15/h8-11,13,17H,3-7,12H2,1-2H3,(H,21,22). The molecular weight excluding hydrogens is 383 g/mol. The van der Waals surface area contributed by atoms with E-state index in [2.05, 4.69) is 10.2 Å². The maximum absolute atomic E-state index is 13.2. The van der Waals surface area contributed by atoms with Gasteiger partial charge in [-0.1, -0.05) is 6.42 Å². The summed E-state index contributed by atoms with van der Waals surface area (Å²) in [7, 11) is -3.83. The monoisotopic (exact) mass is 408 g/mol. The number of hydrogen-bond acceptors (Lipinski definition) is 4. The van der Waals surface area contributed by atoms with E-state index in [0.717, 1.165) is 25.0 Å². The zero-order valence-corrected chi connectivity index (χ0v) is 16.9. The summed E-state index contributed by atoms with van der Waals surface area (Å²) in [5.41, 5.74) is 0.914. The maximum atomic E-state index is 13.2. The molecule has 2 heterocycles. The van der Waals surface area contributed by atoms with Crippen molar-refractivity contribution in [2.75, 3.05) is 19.6 Å². The van der Waals surface area contributed by atoms with E-state index in [-0.39, 0.29) is 10.8 Å². The minimum Gasteiger partial charge on any atom is -0.339 e.